The van der Waals surface area contributed by atoms with Gasteiger partial charge >= 0.3 is 0 Å². The van der Waals surface area contributed by atoms with Crippen LogP contribution in [0, 0.1) is 5.92 Å². The first-order chi connectivity index (χ1) is 10.1. The van der Waals surface area contributed by atoms with Gasteiger partial charge in [-0.1, -0.05) is 39.0 Å². The summed E-state index contributed by atoms with van der Waals surface area (Å²) in [5, 5.41) is 5.16. The molecule has 21 heavy (non-hydrogen) atoms. The van der Waals surface area contributed by atoms with Gasteiger partial charge in [0.1, 0.15) is 5.82 Å². The van der Waals surface area contributed by atoms with Crippen molar-refractivity contribution in [1.29, 1.82) is 0 Å². The zero-order valence-electron chi connectivity index (χ0n) is 12.6. The van der Waals surface area contributed by atoms with Gasteiger partial charge in [0, 0.05) is 5.92 Å². The Morgan fingerprint density at radius 3 is 2.76 bits per heavy atom. The normalized spacial score (nSPS) is 20.0. The lowest BCUT2D eigenvalue weighted by Gasteiger charge is -2.12. The Kier molecular flexibility index (Phi) is 3.45. The van der Waals surface area contributed by atoms with Crippen LogP contribution in [0.1, 0.15) is 38.9 Å². The van der Waals surface area contributed by atoms with Crippen LogP contribution in [0.4, 0.5) is 0 Å². The summed E-state index contributed by atoms with van der Waals surface area (Å²) in [4.78, 5) is 17.3. The second-order valence-corrected chi connectivity index (χ2v) is 5.89. The van der Waals surface area contributed by atoms with Gasteiger partial charge in [-0.15, -0.1) is 0 Å². The van der Waals surface area contributed by atoms with E-state index in [1.54, 1.807) is 6.07 Å². The van der Waals surface area contributed by atoms with Crippen LogP contribution >= 0.6 is 0 Å². The molecule has 1 aromatic carbocycles. The van der Waals surface area contributed by atoms with Crippen molar-refractivity contribution in [2.45, 2.75) is 33.1 Å². The summed E-state index contributed by atoms with van der Waals surface area (Å²) in [6.45, 7) is 6.20. The summed E-state index contributed by atoms with van der Waals surface area (Å²) < 4.78 is 1.48. The molecule has 0 amide bonds. The summed E-state index contributed by atoms with van der Waals surface area (Å²) in [5.41, 5.74) is 1.58. The second kappa shape index (κ2) is 5.28. The van der Waals surface area contributed by atoms with Crippen molar-refractivity contribution in [3.05, 3.63) is 52.6 Å². The van der Waals surface area contributed by atoms with Crippen LogP contribution in [0.3, 0.4) is 0 Å². The molecule has 0 aliphatic heterocycles. The molecule has 0 N–H and O–H groups in total. The Balaban J connectivity index is 2.25. The molecule has 3 rings (SSSR count). The highest BCUT2D eigenvalue weighted by atomic mass is 16.1. The summed E-state index contributed by atoms with van der Waals surface area (Å²) in [7, 11) is 0. The standard InChI is InChI=1S/C17H19N3O/c1-11(2)16-18-15-7-5-4-6-14(15)17(21)20(16)19-13-9-8-12(3)10-13/h4-9,11-12H,10H2,1-3H3/b19-13+. The summed E-state index contributed by atoms with van der Waals surface area (Å²) in [5.74, 6) is 1.32. The number of aromatic nitrogens is 2. The maximum atomic E-state index is 12.7. The number of allylic oxidation sites excluding steroid dienone is 2. The summed E-state index contributed by atoms with van der Waals surface area (Å²) in [6, 6.07) is 7.43. The summed E-state index contributed by atoms with van der Waals surface area (Å²) >= 11 is 0. The van der Waals surface area contributed by atoms with Gasteiger partial charge < -0.3 is 0 Å². The molecule has 1 unspecified atom stereocenters. The van der Waals surface area contributed by atoms with Gasteiger partial charge in [0.15, 0.2) is 0 Å². The Morgan fingerprint density at radius 1 is 1.33 bits per heavy atom. The van der Waals surface area contributed by atoms with Gasteiger partial charge in [-0.2, -0.15) is 9.78 Å². The third-order valence-corrected chi connectivity index (χ3v) is 3.67. The lowest BCUT2D eigenvalue weighted by molar-refractivity contribution is 0.660. The minimum absolute atomic E-state index is 0.0928. The topological polar surface area (TPSA) is 47.2 Å². The van der Waals surface area contributed by atoms with E-state index in [-0.39, 0.29) is 11.5 Å². The molecule has 1 heterocycles. The van der Waals surface area contributed by atoms with Crippen molar-refractivity contribution in [3.8, 4) is 0 Å². The number of para-hydroxylation sites is 1. The van der Waals surface area contributed by atoms with Gasteiger partial charge in [-0.3, -0.25) is 4.79 Å². The average molecular weight is 281 g/mol. The number of benzene rings is 1. The molecule has 0 bridgehead atoms. The molecule has 0 spiro atoms. The van der Waals surface area contributed by atoms with Gasteiger partial charge in [0.25, 0.3) is 5.56 Å². The molecule has 1 aliphatic carbocycles. The molecule has 1 atom stereocenters. The maximum absolute atomic E-state index is 12.7. The predicted molar refractivity (Wildman–Crippen MR) is 85.8 cm³/mol. The number of nitrogens with zero attached hydrogens (tertiary/aromatic N) is 3. The highest BCUT2D eigenvalue weighted by molar-refractivity contribution is 5.97. The Hall–Kier alpha value is -2.23. The van der Waals surface area contributed by atoms with E-state index in [2.05, 4.69) is 23.1 Å². The van der Waals surface area contributed by atoms with Gasteiger partial charge in [0.05, 0.1) is 16.6 Å². The van der Waals surface area contributed by atoms with Crippen LogP contribution < -0.4 is 5.56 Å². The SMILES string of the molecule is CC1C=C/C(=N\n2c(C(C)C)nc3ccccc3c2=O)C1. The minimum atomic E-state index is -0.0928. The molecule has 4 nitrogen and oxygen atoms in total. The van der Waals surface area contributed by atoms with Gasteiger partial charge in [-0.25, -0.2) is 4.98 Å². The first-order valence-corrected chi connectivity index (χ1v) is 7.34. The smallest absolute Gasteiger partial charge is 0.267 e. The average Bonchev–Trinajstić information content (AvgIpc) is 2.87. The monoisotopic (exact) mass is 281 g/mol. The number of rotatable bonds is 2. The first kappa shape index (κ1) is 13.7. The fraction of sp³-hybridized carbons (Fsp3) is 0.353. The van der Waals surface area contributed by atoms with Gasteiger partial charge in [-0.05, 0) is 30.5 Å². The van der Waals surface area contributed by atoms with E-state index in [1.807, 2.05) is 38.1 Å². The van der Waals surface area contributed by atoms with E-state index < -0.39 is 0 Å². The lowest BCUT2D eigenvalue weighted by atomic mass is 10.1. The molecule has 108 valence electrons. The van der Waals surface area contributed by atoms with Crippen molar-refractivity contribution in [3.63, 3.8) is 0 Å². The van der Waals surface area contributed by atoms with Crippen molar-refractivity contribution in [1.82, 2.24) is 9.66 Å². The van der Waals surface area contributed by atoms with E-state index in [0.29, 0.717) is 17.1 Å². The number of fused-ring (bicyclic) bond motifs is 1. The third-order valence-electron chi connectivity index (χ3n) is 3.67. The predicted octanol–water partition coefficient (Wildman–Crippen LogP) is 3.32. The zero-order valence-corrected chi connectivity index (χ0v) is 12.6. The summed E-state index contributed by atoms with van der Waals surface area (Å²) in [6.07, 6.45) is 4.99. The maximum Gasteiger partial charge on any atom is 0.282 e. The molecule has 0 saturated carbocycles. The largest absolute Gasteiger partial charge is 0.282 e. The first-order valence-electron chi connectivity index (χ1n) is 7.34. The number of hydrogen-bond donors (Lipinski definition) is 0. The van der Waals surface area contributed by atoms with Crippen LogP contribution in [0.5, 0.6) is 0 Å². The molecular weight excluding hydrogens is 262 g/mol. The van der Waals surface area contributed by atoms with E-state index in [4.69, 9.17) is 0 Å². The minimum Gasteiger partial charge on any atom is -0.267 e. The Labute approximate surface area is 123 Å². The fourth-order valence-corrected chi connectivity index (χ4v) is 2.56. The Morgan fingerprint density at radius 2 is 2.10 bits per heavy atom. The van der Waals surface area contributed by atoms with Crippen molar-refractivity contribution >= 4 is 16.6 Å². The molecule has 2 aromatic rings. The van der Waals surface area contributed by atoms with Crippen LogP contribution in [0.2, 0.25) is 0 Å². The molecule has 0 saturated heterocycles. The van der Waals surface area contributed by atoms with Crippen LogP contribution in [-0.2, 0) is 0 Å². The van der Waals surface area contributed by atoms with Crippen LogP contribution in [0.25, 0.3) is 10.9 Å². The van der Waals surface area contributed by atoms with Crippen molar-refractivity contribution in [2.75, 3.05) is 0 Å². The lowest BCUT2D eigenvalue weighted by Crippen LogP contribution is -2.24. The van der Waals surface area contributed by atoms with Crippen molar-refractivity contribution in [2.24, 2.45) is 11.0 Å². The van der Waals surface area contributed by atoms with Gasteiger partial charge in [0.2, 0.25) is 0 Å². The highest BCUT2D eigenvalue weighted by Gasteiger charge is 2.15. The third kappa shape index (κ3) is 2.53. The molecule has 0 fully saturated rings. The molecule has 1 aromatic heterocycles. The van der Waals surface area contributed by atoms with E-state index in [0.717, 1.165) is 17.6 Å². The molecular formula is C17H19N3O. The fourth-order valence-electron chi connectivity index (χ4n) is 2.56. The van der Waals surface area contributed by atoms with Crippen molar-refractivity contribution < 1.29 is 0 Å². The molecule has 4 heteroatoms. The second-order valence-electron chi connectivity index (χ2n) is 5.89. The van der Waals surface area contributed by atoms with E-state index in [9.17, 15) is 4.79 Å². The van der Waals surface area contributed by atoms with Crippen LogP contribution in [0.15, 0.2) is 46.3 Å². The molecule has 1 aliphatic rings. The highest BCUT2D eigenvalue weighted by Crippen LogP contribution is 2.17. The van der Waals surface area contributed by atoms with E-state index >= 15 is 0 Å². The number of hydrogen-bond acceptors (Lipinski definition) is 3. The quantitative estimate of drug-likeness (QED) is 0.847. The van der Waals surface area contributed by atoms with Crippen LogP contribution in [-0.4, -0.2) is 15.4 Å². The zero-order chi connectivity index (χ0) is 15.0. The Bertz CT molecular complexity index is 799. The molecule has 0 radical (unpaired) electrons. The van der Waals surface area contributed by atoms with E-state index in [1.165, 1.54) is 4.68 Å².